The van der Waals surface area contributed by atoms with E-state index in [1.54, 1.807) is 24.3 Å². The number of benzene rings is 1. The molecule has 0 saturated heterocycles. The predicted molar refractivity (Wildman–Crippen MR) is 83.2 cm³/mol. The van der Waals surface area contributed by atoms with Crippen molar-refractivity contribution in [1.29, 1.82) is 0 Å². The Hall–Kier alpha value is -1.36. The largest absolute Gasteiger partial charge is 0.465 e. The number of ether oxygens (including phenoxy) is 1. The first-order chi connectivity index (χ1) is 9.51. The molecular formula is C14H11Cl2NO2S. The van der Waals surface area contributed by atoms with E-state index in [4.69, 9.17) is 27.9 Å². The molecule has 0 atom stereocenters. The summed E-state index contributed by atoms with van der Waals surface area (Å²) in [5.74, 6) is -0.439. The topological polar surface area (TPSA) is 39.2 Å². The molecule has 104 valence electrons. The van der Waals surface area contributed by atoms with Crippen molar-refractivity contribution in [1.82, 2.24) is 4.98 Å². The fraction of sp³-hybridized carbons (Fsp3) is 0.143. The minimum atomic E-state index is -0.439. The average Bonchev–Trinajstić information content (AvgIpc) is 2.85. The average molecular weight is 328 g/mol. The molecule has 20 heavy (non-hydrogen) atoms. The van der Waals surface area contributed by atoms with Crippen LogP contribution < -0.4 is 0 Å². The lowest BCUT2D eigenvalue weighted by atomic mass is 10.1. The Morgan fingerprint density at radius 2 is 2.10 bits per heavy atom. The quantitative estimate of drug-likeness (QED) is 0.616. The molecule has 0 unspecified atom stereocenters. The Kier molecular flexibility index (Phi) is 4.81. The number of carbonyl (C=O) groups excluding carboxylic acids is 1. The van der Waals surface area contributed by atoms with Gasteiger partial charge in [0, 0.05) is 11.1 Å². The molecule has 0 N–H and O–H groups in total. The van der Waals surface area contributed by atoms with E-state index in [0.29, 0.717) is 20.6 Å². The second-order valence-corrected chi connectivity index (χ2v) is 5.69. The van der Waals surface area contributed by atoms with Crippen molar-refractivity contribution in [2.45, 2.75) is 6.92 Å². The fourth-order valence-electron chi connectivity index (χ4n) is 1.56. The van der Waals surface area contributed by atoms with Crippen LogP contribution in [-0.2, 0) is 9.53 Å². The second-order valence-electron chi connectivity index (χ2n) is 4.02. The highest BCUT2D eigenvalue weighted by Gasteiger charge is 2.16. The summed E-state index contributed by atoms with van der Waals surface area (Å²) in [6.07, 6.45) is 1.69. The van der Waals surface area contributed by atoms with Crippen molar-refractivity contribution in [3.8, 4) is 0 Å². The van der Waals surface area contributed by atoms with Crippen LogP contribution in [0.5, 0.6) is 0 Å². The lowest BCUT2D eigenvalue weighted by Gasteiger charge is -2.03. The van der Waals surface area contributed by atoms with Gasteiger partial charge in [-0.3, -0.25) is 0 Å². The summed E-state index contributed by atoms with van der Waals surface area (Å²) >= 11 is 13.2. The Morgan fingerprint density at radius 1 is 1.35 bits per heavy atom. The van der Waals surface area contributed by atoms with E-state index < -0.39 is 5.97 Å². The molecule has 0 aliphatic heterocycles. The molecule has 0 aliphatic carbocycles. The molecule has 1 aromatic carbocycles. The van der Waals surface area contributed by atoms with Gasteiger partial charge in [0.05, 0.1) is 22.7 Å². The minimum Gasteiger partial charge on any atom is -0.465 e. The number of halogens is 2. The fourth-order valence-corrected chi connectivity index (χ4v) is 2.67. The molecule has 0 bridgehead atoms. The van der Waals surface area contributed by atoms with Gasteiger partial charge in [-0.1, -0.05) is 29.3 Å². The summed E-state index contributed by atoms with van der Waals surface area (Å²) in [7, 11) is 1.34. The number of hydrogen-bond donors (Lipinski definition) is 0. The van der Waals surface area contributed by atoms with Crippen LogP contribution >= 0.6 is 34.5 Å². The minimum absolute atomic E-state index is 0.393. The number of aromatic nitrogens is 1. The van der Waals surface area contributed by atoms with Crippen LogP contribution in [0.4, 0.5) is 0 Å². The molecule has 2 rings (SSSR count). The Morgan fingerprint density at radius 3 is 2.65 bits per heavy atom. The zero-order valence-corrected chi connectivity index (χ0v) is 13.1. The van der Waals surface area contributed by atoms with Gasteiger partial charge in [0.1, 0.15) is 5.01 Å². The molecule has 2 aromatic rings. The lowest BCUT2D eigenvalue weighted by molar-refractivity contribution is -0.133. The molecular weight excluding hydrogens is 317 g/mol. The molecule has 0 fully saturated rings. The van der Waals surface area contributed by atoms with E-state index in [1.807, 2.05) is 12.3 Å². The molecule has 0 aliphatic rings. The third-order valence-corrected chi connectivity index (χ3v) is 4.24. The van der Waals surface area contributed by atoms with E-state index in [2.05, 4.69) is 4.98 Å². The standard InChI is InChI=1S/C14H11Cl2NO2S/c1-8-7-20-13(17-8)10(14(18)19-2)5-9-3-4-11(15)12(16)6-9/h3-7H,1-2H3/b10-5-. The van der Waals surface area contributed by atoms with Gasteiger partial charge in [0.2, 0.25) is 0 Å². The third-order valence-electron chi connectivity index (χ3n) is 2.51. The van der Waals surface area contributed by atoms with Crippen molar-refractivity contribution in [2.75, 3.05) is 7.11 Å². The number of nitrogens with zero attached hydrogens (tertiary/aromatic N) is 1. The number of thiazole rings is 1. The van der Waals surface area contributed by atoms with E-state index in [1.165, 1.54) is 18.4 Å². The van der Waals surface area contributed by atoms with Crippen LogP contribution in [0.2, 0.25) is 10.0 Å². The number of esters is 1. The Balaban J connectivity index is 2.47. The molecule has 0 spiro atoms. The van der Waals surface area contributed by atoms with Gasteiger partial charge in [-0.05, 0) is 30.7 Å². The van der Waals surface area contributed by atoms with Gasteiger partial charge in [-0.2, -0.15) is 0 Å². The Bertz CT molecular complexity index is 680. The maximum Gasteiger partial charge on any atom is 0.340 e. The number of carbonyl (C=O) groups is 1. The normalized spacial score (nSPS) is 11.5. The van der Waals surface area contributed by atoms with Gasteiger partial charge in [0.25, 0.3) is 0 Å². The summed E-state index contributed by atoms with van der Waals surface area (Å²) in [6.45, 7) is 1.87. The molecule has 1 aromatic heterocycles. The van der Waals surface area contributed by atoms with Crippen molar-refractivity contribution in [2.24, 2.45) is 0 Å². The SMILES string of the molecule is COC(=O)/C(=C\c1ccc(Cl)c(Cl)c1)c1nc(C)cs1. The van der Waals surface area contributed by atoms with Crippen LogP contribution in [0.1, 0.15) is 16.3 Å². The summed E-state index contributed by atoms with van der Waals surface area (Å²) in [6, 6.07) is 5.14. The maximum absolute atomic E-state index is 11.9. The van der Waals surface area contributed by atoms with Crippen LogP contribution in [0, 0.1) is 6.92 Å². The van der Waals surface area contributed by atoms with Crippen LogP contribution in [0.15, 0.2) is 23.6 Å². The molecule has 6 heteroatoms. The van der Waals surface area contributed by atoms with Crippen molar-refractivity contribution in [3.63, 3.8) is 0 Å². The first-order valence-corrected chi connectivity index (χ1v) is 7.32. The highest BCUT2D eigenvalue weighted by Crippen LogP contribution is 2.27. The summed E-state index contributed by atoms with van der Waals surface area (Å²) in [5, 5.41) is 3.38. The van der Waals surface area contributed by atoms with Gasteiger partial charge >= 0.3 is 5.97 Å². The van der Waals surface area contributed by atoms with E-state index >= 15 is 0 Å². The van der Waals surface area contributed by atoms with E-state index in [-0.39, 0.29) is 0 Å². The highest BCUT2D eigenvalue weighted by molar-refractivity contribution is 7.11. The summed E-state index contributed by atoms with van der Waals surface area (Å²) in [4.78, 5) is 16.2. The Labute approximate surface area is 130 Å². The third kappa shape index (κ3) is 3.39. The first-order valence-electron chi connectivity index (χ1n) is 5.69. The molecule has 3 nitrogen and oxygen atoms in total. The highest BCUT2D eigenvalue weighted by atomic mass is 35.5. The van der Waals surface area contributed by atoms with E-state index in [0.717, 1.165) is 11.3 Å². The number of rotatable bonds is 3. The zero-order chi connectivity index (χ0) is 14.7. The molecule has 1 heterocycles. The first kappa shape index (κ1) is 15.0. The zero-order valence-electron chi connectivity index (χ0n) is 10.8. The van der Waals surface area contributed by atoms with Gasteiger partial charge in [0.15, 0.2) is 0 Å². The molecule has 0 saturated carbocycles. The van der Waals surface area contributed by atoms with Gasteiger partial charge in [-0.15, -0.1) is 11.3 Å². The maximum atomic E-state index is 11.9. The number of aryl methyl sites for hydroxylation is 1. The number of methoxy groups -OCH3 is 1. The lowest BCUT2D eigenvalue weighted by Crippen LogP contribution is -2.03. The monoisotopic (exact) mass is 327 g/mol. The van der Waals surface area contributed by atoms with Crippen molar-refractivity contribution >= 4 is 52.2 Å². The molecule has 0 radical (unpaired) electrons. The van der Waals surface area contributed by atoms with Gasteiger partial charge in [-0.25, -0.2) is 9.78 Å². The van der Waals surface area contributed by atoms with Crippen LogP contribution in [0.25, 0.3) is 11.6 Å². The van der Waals surface area contributed by atoms with Crippen LogP contribution in [0.3, 0.4) is 0 Å². The van der Waals surface area contributed by atoms with Crippen LogP contribution in [-0.4, -0.2) is 18.1 Å². The van der Waals surface area contributed by atoms with Crippen molar-refractivity contribution in [3.05, 3.63) is 49.9 Å². The van der Waals surface area contributed by atoms with E-state index in [9.17, 15) is 4.79 Å². The number of hydrogen-bond acceptors (Lipinski definition) is 4. The second kappa shape index (κ2) is 6.39. The van der Waals surface area contributed by atoms with Crippen molar-refractivity contribution < 1.29 is 9.53 Å². The summed E-state index contributed by atoms with van der Waals surface area (Å²) in [5.41, 5.74) is 2.01. The smallest absolute Gasteiger partial charge is 0.340 e. The summed E-state index contributed by atoms with van der Waals surface area (Å²) < 4.78 is 4.80. The molecule has 0 amide bonds. The predicted octanol–water partition coefficient (Wildman–Crippen LogP) is 4.47. The van der Waals surface area contributed by atoms with Gasteiger partial charge < -0.3 is 4.74 Å².